The van der Waals surface area contributed by atoms with E-state index in [9.17, 15) is 0 Å². The maximum atomic E-state index is 8.83. The number of rotatable bonds is 5. The average Bonchev–Trinajstić information content (AvgIpc) is 2.86. The maximum absolute atomic E-state index is 8.83. The van der Waals surface area contributed by atoms with E-state index in [-0.39, 0.29) is 6.04 Å². The quantitative estimate of drug-likeness (QED) is 0.345. The van der Waals surface area contributed by atoms with Crippen LogP contribution in [0.5, 0.6) is 0 Å². The standard InChI is InChI=1S/C13H24N6O/c1-3-12(13(14)16-20)19-8-6-18(7-9-19)10-11-4-5-17(2)15-11/h4-5,12,20H,3,6-10H2,1-2H3,(H2,14,16). The van der Waals surface area contributed by atoms with Gasteiger partial charge in [-0.05, 0) is 12.5 Å². The Bertz CT molecular complexity index is 449. The minimum absolute atomic E-state index is 0.0389. The first kappa shape index (κ1) is 14.8. The maximum Gasteiger partial charge on any atom is 0.156 e. The fourth-order valence-corrected chi connectivity index (χ4v) is 2.73. The van der Waals surface area contributed by atoms with Gasteiger partial charge in [-0.2, -0.15) is 5.10 Å². The minimum atomic E-state index is 0.0389. The Balaban J connectivity index is 1.85. The van der Waals surface area contributed by atoms with Crippen molar-refractivity contribution in [2.75, 3.05) is 26.2 Å². The van der Waals surface area contributed by atoms with Gasteiger partial charge in [0.2, 0.25) is 0 Å². The first-order chi connectivity index (χ1) is 9.63. The number of nitrogens with zero attached hydrogens (tertiary/aromatic N) is 5. The zero-order valence-electron chi connectivity index (χ0n) is 12.2. The van der Waals surface area contributed by atoms with Gasteiger partial charge >= 0.3 is 0 Å². The van der Waals surface area contributed by atoms with Gasteiger partial charge in [-0.15, -0.1) is 0 Å². The molecule has 1 atom stereocenters. The SMILES string of the molecule is CCC(/C(N)=N/O)N1CCN(Cc2ccn(C)n2)CC1. The number of aryl methyl sites for hydroxylation is 1. The number of oxime groups is 1. The monoisotopic (exact) mass is 280 g/mol. The molecule has 112 valence electrons. The summed E-state index contributed by atoms with van der Waals surface area (Å²) in [6.45, 7) is 6.76. The predicted octanol–water partition coefficient (Wildman–Crippen LogP) is 0.0627. The average molecular weight is 280 g/mol. The molecule has 1 aromatic heterocycles. The normalized spacial score (nSPS) is 20.2. The molecule has 1 aliphatic heterocycles. The molecule has 2 heterocycles. The van der Waals surface area contributed by atoms with E-state index in [1.54, 1.807) is 0 Å². The predicted molar refractivity (Wildman–Crippen MR) is 77.5 cm³/mol. The molecule has 1 fully saturated rings. The lowest BCUT2D eigenvalue weighted by Crippen LogP contribution is -2.53. The van der Waals surface area contributed by atoms with Crippen LogP contribution in [-0.4, -0.2) is 62.8 Å². The second-order valence-corrected chi connectivity index (χ2v) is 5.24. The van der Waals surface area contributed by atoms with Gasteiger partial charge in [0, 0.05) is 46.0 Å². The van der Waals surface area contributed by atoms with E-state index < -0.39 is 0 Å². The lowest BCUT2D eigenvalue weighted by atomic mass is 10.1. The fraction of sp³-hybridized carbons (Fsp3) is 0.692. The number of hydrogen-bond donors (Lipinski definition) is 2. The Morgan fingerprint density at radius 2 is 2.15 bits per heavy atom. The van der Waals surface area contributed by atoms with Crippen LogP contribution < -0.4 is 5.73 Å². The second kappa shape index (κ2) is 6.71. The highest BCUT2D eigenvalue weighted by molar-refractivity contribution is 5.85. The molecule has 0 radical (unpaired) electrons. The molecule has 0 amide bonds. The van der Waals surface area contributed by atoms with Crippen molar-refractivity contribution in [3.05, 3.63) is 18.0 Å². The van der Waals surface area contributed by atoms with E-state index in [0.717, 1.165) is 44.8 Å². The number of amidine groups is 1. The molecular formula is C13H24N6O. The van der Waals surface area contributed by atoms with Crippen LogP contribution >= 0.6 is 0 Å². The highest BCUT2D eigenvalue weighted by Gasteiger charge is 2.25. The van der Waals surface area contributed by atoms with Gasteiger partial charge in [-0.25, -0.2) is 0 Å². The summed E-state index contributed by atoms with van der Waals surface area (Å²) in [6, 6.07) is 2.09. The molecule has 1 aliphatic rings. The molecule has 0 aromatic carbocycles. The zero-order valence-corrected chi connectivity index (χ0v) is 12.2. The third-order valence-electron chi connectivity index (χ3n) is 3.85. The van der Waals surface area contributed by atoms with Crippen molar-refractivity contribution >= 4 is 5.84 Å². The Kier molecular flexibility index (Phi) is 4.97. The van der Waals surface area contributed by atoms with Crippen LogP contribution in [0.2, 0.25) is 0 Å². The molecule has 1 unspecified atom stereocenters. The molecule has 7 nitrogen and oxygen atoms in total. The van der Waals surface area contributed by atoms with Gasteiger partial charge in [0.1, 0.15) is 0 Å². The molecule has 3 N–H and O–H groups in total. The smallest absolute Gasteiger partial charge is 0.156 e. The van der Waals surface area contributed by atoms with Gasteiger partial charge in [-0.3, -0.25) is 14.5 Å². The molecule has 1 saturated heterocycles. The van der Waals surface area contributed by atoms with Gasteiger partial charge in [0.25, 0.3) is 0 Å². The number of hydrogen-bond acceptors (Lipinski definition) is 5. The van der Waals surface area contributed by atoms with E-state index in [4.69, 9.17) is 10.9 Å². The molecule has 0 bridgehead atoms. The molecule has 0 spiro atoms. The van der Waals surface area contributed by atoms with Crippen LogP contribution in [0.3, 0.4) is 0 Å². The van der Waals surface area contributed by atoms with Crippen molar-refractivity contribution in [2.24, 2.45) is 17.9 Å². The summed E-state index contributed by atoms with van der Waals surface area (Å²) >= 11 is 0. The van der Waals surface area contributed by atoms with Gasteiger partial charge in [0.05, 0.1) is 11.7 Å². The zero-order chi connectivity index (χ0) is 14.5. The van der Waals surface area contributed by atoms with Gasteiger partial charge < -0.3 is 10.9 Å². The third kappa shape index (κ3) is 3.49. The summed E-state index contributed by atoms with van der Waals surface area (Å²) in [5.41, 5.74) is 6.85. The number of nitrogens with two attached hydrogens (primary N) is 1. The highest BCUT2D eigenvalue weighted by Crippen LogP contribution is 2.11. The summed E-state index contributed by atoms with van der Waals surface area (Å²) < 4.78 is 1.83. The molecule has 0 aliphatic carbocycles. The molecule has 1 aromatic rings. The molecule has 2 rings (SSSR count). The van der Waals surface area contributed by atoms with E-state index in [1.807, 2.05) is 17.9 Å². The van der Waals surface area contributed by atoms with Gasteiger partial charge in [0.15, 0.2) is 5.84 Å². The van der Waals surface area contributed by atoms with E-state index in [2.05, 4.69) is 33.0 Å². The third-order valence-corrected chi connectivity index (χ3v) is 3.85. The van der Waals surface area contributed by atoms with Crippen molar-refractivity contribution in [2.45, 2.75) is 25.9 Å². The van der Waals surface area contributed by atoms with Crippen molar-refractivity contribution < 1.29 is 5.21 Å². The Labute approximate surface area is 119 Å². The van der Waals surface area contributed by atoms with Gasteiger partial charge in [-0.1, -0.05) is 12.1 Å². The van der Waals surface area contributed by atoms with Crippen LogP contribution in [0.25, 0.3) is 0 Å². The first-order valence-electron chi connectivity index (χ1n) is 7.06. The van der Waals surface area contributed by atoms with E-state index >= 15 is 0 Å². The lowest BCUT2D eigenvalue weighted by Gasteiger charge is -2.38. The lowest BCUT2D eigenvalue weighted by molar-refractivity contribution is 0.109. The van der Waals surface area contributed by atoms with Crippen molar-refractivity contribution in [1.29, 1.82) is 0 Å². The molecular weight excluding hydrogens is 256 g/mol. The highest BCUT2D eigenvalue weighted by atomic mass is 16.4. The first-order valence-corrected chi connectivity index (χ1v) is 7.06. The van der Waals surface area contributed by atoms with Crippen molar-refractivity contribution in [3.8, 4) is 0 Å². The largest absolute Gasteiger partial charge is 0.409 e. The van der Waals surface area contributed by atoms with Crippen LogP contribution in [-0.2, 0) is 13.6 Å². The summed E-state index contributed by atoms with van der Waals surface area (Å²) in [4.78, 5) is 4.67. The van der Waals surface area contributed by atoms with Crippen molar-refractivity contribution in [3.63, 3.8) is 0 Å². The van der Waals surface area contributed by atoms with Crippen LogP contribution in [0, 0.1) is 0 Å². The summed E-state index contributed by atoms with van der Waals surface area (Å²) in [5.74, 6) is 0.311. The fourth-order valence-electron chi connectivity index (χ4n) is 2.73. The summed E-state index contributed by atoms with van der Waals surface area (Å²) in [7, 11) is 1.93. The summed E-state index contributed by atoms with van der Waals surface area (Å²) in [6.07, 6.45) is 2.83. The minimum Gasteiger partial charge on any atom is -0.409 e. The number of piperazine rings is 1. The van der Waals surface area contributed by atoms with Crippen molar-refractivity contribution in [1.82, 2.24) is 19.6 Å². The number of aromatic nitrogens is 2. The van der Waals surface area contributed by atoms with Crippen LogP contribution in [0.15, 0.2) is 17.4 Å². The molecule has 20 heavy (non-hydrogen) atoms. The Morgan fingerprint density at radius 3 is 2.65 bits per heavy atom. The Morgan fingerprint density at radius 1 is 1.45 bits per heavy atom. The molecule has 7 heteroatoms. The van der Waals surface area contributed by atoms with Crippen LogP contribution in [0.4, 0.5) is 0 Å². The summed E-state index contributed by atoms with van der Waals surface area (Å²) in [5, 5.41) is 16.4. The van der Waals surface area contributed by atoms with Crippen LogP contribution in [0.1, 0.15) is 19.0 Å². The topological polar surface area (TPSA) is 82.9 Å². The van der Waals surface area contributed by atoms with E-state index in [1.165, 1.54) is 0 Å². The Hall–Kier alpha value is -1.60. The second-order valence-electron chi connectivity index (χ2n) is 5.24. The molecule has 0 saturated carbocycles. The van der Waals surface area contributed by atoms with E-state index in [0.29, 0.717) is 5.84 Å².